The minimum Gasteiger partial charge on any atom is -0.508 e. The van der Waals surface area contributed by atoms with Crippen LogP contribution < -0.4 is 0 Å². The number of aromatic hydroxyl groups is 1. The summed E-state index contributed by atoms with van der Waals surface area (Å²) in [4.78, 5) is 1.22. The number of phenols is 1. The molecule has 0 spiro atoms. The molecule has 216 valence electrons. The van der Waals surface area contributed by atoms with Gasteiger partial charge in [-0.3, -0.25) is 0 Å². The summed E-state index contributed by atoms with van der Waals surface area (Å²) in [5, 5.41) is 12.3. The van der Waals surface area contributed by atoms with E-state index in [1.54, 1.807) is 11.3 Å². The van der Waals surface area contributed by atoms with Crippen molar-refractivity contribution in [2.45, 2.75) is 70.7 Å². The Morgan fingerprint density at radius 1 is 0.833 bits per heavy atom. The van der Waals surface area contributed by atoms with E-state index in [1.807, 2.05) is 49.4 Å². The molecule has 1 N–H and O–H groups in total. The van der Waals surface area contributed by atoms with Gasteiger partial charge in [-0.25, -0.2) is 0 Å². The third-order valence-corrected chi connectivity index (χ3v) is 9.28. The summed E-state index contributed by atoms with van der Waals surface area (Å²) in [5.74, 6) is 0.315. The largest absolute Gasteiger partial charge is 0.508 e. The van der Waals surface area contributed by atoms with Crippen molar-refractivity contribution in [3.63, 3.8) is 0 Å². The lowest BCUT2D eigenvalue weighted by atomic mass is 9.88. The number of hydrogen-bond acceptors (Lipinski definition) is 5. The van der Waals surface area contributed by atoms with E-state index in [2.05, 4.69) is 67.6 Å². The normalized spacial score (nSPS) is 20.6. The van der Waals surface area contributed by atoms with Gasteiger partial charge in [-0.1, -0.05) is 85.8 Å². The van der Waals surface area contributed by atoms with Gasteiger partial charge in [0.1, 0.15) is 18.0 Å². The monoisotopic (exact) mass is 578 g/mol. The molecule has 1 aromatic heterocycles. The third-order valence-electron chi connectivity index (χ3n) is 8.16. The molecule has 1 aliphatic heterocycles. The smallest absolute Gasteiger partial charge is 0.119 e. The maximum absolute atomic E-state index is 11.0. The molecule has 1 fully saturated rings. The van der Waals surface area contributed by atoms with Crippen LogP contribution in [0.5, 0.6) is 5.75 Å². The van der Waals surface area contributed by atoms with Gasteiger partial charge in [-0.2, -0.15) is 0 Å². The van der Waals surface area contributed by atoms with Crippen LogP contribution >= 0.6 is 11.3 Å². The minimum absolute atomic E-state index is 0.0478. The molecule has 1 aliphatic rings. The fraction of sp³-hybridized carbons (Fsp3) is 0.297. The molecule has 0 aliphatic carbocycles. The minimum atomic E-state index is -0.324. The topological polar surface area (TPSA) is 47.9 Å². The van der Waals surface area contributed by atoms with Crippen LogP contribution in [0.25, 0.3) is 10.1 Å². The van der Waals surface area contributed by atoms with Crippen molar-refractivity contribution in [1.29, 1.82) is 0 Å². The lowest BCUT2D eigenvalue weighted by molar-refractivity contribution is -0.211. The molecule has 4 atom stereocenters. The second kappa shape index (κ2) is 13.2. The number of phenolic OH excluding ortho intramolecular Hbond substituents is 1. The van der Waals surface area contributed by atoms with Crippen molar-refractivity contribution in [2.24, 2.45) is 0 Å². The molecule has 42 heavy (non-hydrogen) atoms. The molecular weight excluding hydrogens is 540 g/mol. The lowest BCUT2D eigenvalue weighted by Gasteiger charge is -2.42. The van der Waals surface area contributed by atoms with Crippen LogP contribution in [0, 0.1) is 6.92 Å². The highest BCUT2D eigenvalue weighted by atomic mass is 32.1. The quantitative estimate of drug-likeness (QED) is 0.180. The summed E-state index contributed by atoms with van der Waals surface area (Å²) < 4.78 is 21.4. The molecule has 2 heterocycles. The number of thiophene rings is 1. The first-order valence-corrected chi connectivity index (χ1v) is 15.7. The highest BCUT2D eigenvalue weighted by Crippen LogP contribution is 2.41. The molecule has 6 rings (SSSR count). The molecule has 5 heteroatoms. The highest BCUT2D eigenvalue weighted by molar-refractivity contribution is 7.19. The molecule has 0 amide bonds. The third kappa shape index (κ3) is 6.61. The van der Waals surface area contributed by atoms with Crippen LogP contribution in [-0.4, -0.2) is 23.4 Å². The van der Waals surface area contributed by atoms with Gasteiger partial charge in [-0.05, 0) is 70.8 Å². The van der Waals surface area contributed by atoms with Gasteiger partial charge < -0.3 is 19.3 Å². The van der Waals surface area contributed by atoms with E-state index in [0.717, 1.165) is 40.7 Å². The summed E-state index contributed by atoms with van der Waals surface area (Å²) in [5.41, 5.74) is 5.19. The number of benzene rings is 4. The second-order valence-corrected chi connectivity index (χ2v) is 12.4. The van der Waals surface area contributed by atoms with E-state index in [9.17, 15) is 5.11 Å². The summed E-state index contributed by atoms with van der Waals surface area (Å²) in [6.07, 6.45) is 1.59. The zero-order valence-corrected chi connectivity index (χ0v) is 25.1. The number of aryl methyl sites for hydroxylation is 1. The van der Waals surface area contributed by atoms with Crippen LogP contribution in [0.2, 0.25) is 0 Å². The van der Waals surface area contributed by atoms with Gasteiger partial charge in [0.2, 0.25) is 0 Å². The zero-order valence-electron chi connectivity index (χ0n) is 24.2. The van der Waals surface area contributed by atoms with Gasteiger partial charge in [0.25, 0.3) is 0 Å². The van der Waals surface area contributed by atoms with Gasteiger partial charge in [-0.15, -0.1) is 11.3 Å². The Balaban J connectivity index is 1.32. The standard InChI is InChI=1S/C37H38O4S/c1-3-30-22-34(39-23-26-12-6-4-7-13-26)37(40-24-27-14-8-5-9-15-27)36(41-30)32-21-29(33(38)18-25(32)2)20-31-19-28-16-10-11-17-35(28)42-31/h4-19,21,30,34,36-38H,3,20,22-24H2,1-2H3/t30-,34+,36+,37-/m1/s1. The second-order valence-electron chi connectivity index (χ2n) is 11.2. The van der Waals surface area contributed by atoms with E-state index in [0.29, 0.717) is 25.4 Å². The summed E-state index contributed by atoms with van der Waals surface area (Å²) >= 11 is 1.77. The average Bonchev–Trinajstić information content (AvgIpc) is 3.44. The molecule has 5 aromatic rings. The number of hydrogen-bond donors (Lipinski definition) is 1. The molecule has 0 unspecified atom stereocenters. The van der Waals surface area contributed by atoms with Crippen LogP contribution in [-0.2, 0) is 33.8 Å². The summed E-state index contributed by atoms with van der Waals surface area (Å²) in [7, 11) is 0. The Bertz CT molecular complexity index is 1560. The van der Waals surface area contributed by atoms with Crippen molar-refractivity contribution < 1.29 is 19.3 Å². The maximum Gasteiger partial charge on any atom is 0.119 e. The molecule has 0 bridgehead atoms. The van der Waals surface area contributed by atoms with Crippen molar-refractivity contribution in [2.75, 3.05) is 0 Å². The zero-order chi connectivity index (χ0) is 28.9. The Kier molecular flexibility index (Phi) is 9.01. The first kappa shape index (κ1) is 28.6. The summed E-state index contributed by atoms with van der Waals surface area (Å²) in [6, 6.07) is 35.2. The maximum atomic E-state index is 11.0. The SMILES string of the molecule is CC[C@@H]1C[C@H](OCc2ccccc2)[C@@H](OCc2ccccc2)[C@H](c2cc(Cc3cc4ccccc4s3)c(O)cc2C)O1. The van der Waals surface area contributed by atoms with E-state index >= 15 is 0 Å². The van der Waals surface area contributed by atoms with Gasteiger partial charge in [0.15, 0.2) is 0 Å². The predicted octanol–water partition coefficient (Wildman–Crippen LogP) is 8.92. The Labute approximate surface area is 252 Å². The Hall–Kier alpha value is -3.48. The van der Waals surface area contributed by atoms with Crippen molar-refractivity contribution >= 4 is 21.4 Å². The Morgan fingerprint density at radius 2 is 1.50 bits per heavy atom. The van der Waals surface area contributed by atoms with Gasteiger partial charge in [0, 0.05) is 22.4 Å². The van der Waals surface area contributed by atoms with Crippen molar-refractivity contribution in [3.8, 4) is 5.75 Å². The van der Waals surface area contributed by atoms with E-state index in [1.165, 1.54) is 15.0 Å². The molecule has 1 saturated heterocycles. The molecule has 0 radical (unpaired) electrons. The number of ether oxygens (including phenoxy) is 3. The fourth-order valence-electron chi connectivity index (χ4n) is 5.86. The first-order valence-electron chi connectivity index (χ1n) is 14.8. The molecular formula is C37H38O4S. The Morgan fingerprint density at radius 3 is 2.19 bits per heavy atom. The molecule has 0 saturated carbocycles. The van der Waals surface area contributed by atoms with Crippen molar-refractivity contribution in [1.82, 2.24) is 0 Å². The number of fused-ring (bicyclic) bond motifs is 1. The fourth-order valence-corrected chi connectivity index (χ4v) is 6.95. The lowest BCUT2D eigenvalue weighted by Crippen LogP contribution is -2.46. The van der Waals surface area contributed by atoms with Crippen LogP contribution in [0.15, 0.2) is 103 Å². The van der Waals surface area contributed by atoms with Crippen LogP contribution in [0.1, 0.15) is 58.6 Å². The first-order chi connectivity index (χ1) is 20.6. The van der Waals surface area contributed by atoms with E-state index in [-0.39, 0.29) is 24.4 Å². The van der Waals surface area contributed by atoms with Crippen LogP contribution in [0.4, 0.5) is 0 Å². The van der Waals surface area contributed by atoms with Crippen molar-refractivity contribution in [3.05, 3.63) is 136 Å². The van der Waals surface area contributed by atoms with E-state index < -0.39 is 0 Å². The number of rotatable bonds is 10. The summed E-state index contributed by atoms with van der Waals surface area (Å²) in [6.45, 7) is 5.20. The van der Waals surface area contributed by atoms with Gasteiger partial charge in [0.05, 0.1) is 25.4 Å². The molecule has 4 nitrogen and oxygen atoms in total. The predicted molar refractivity (Wildman–Crippen MR) is 170 cm³/mol. The molecule has 4 aromatic carbocycles. The van der Waals surface area contributed by atoms with Crippen LogP contribution in [0.3, 0.4) is 0 Å². The average molecular weight is 579 g/mol. The highest BCUT2D eigenvalue weighted by Gasteiger charge is 2.41. The van der Waals surface area contributed by atoms with E-state index in [4.69, 9.17) is 14.2 Å². The van der Waals surface area contributed by atoms with Gasteiger partial charge >= 0.3 is 0 Å².